The number of hydrogen-bond donors (Lipinski definition) is 3. The first-order valence-corrected chi connectivity index (χ1v) is 36.8. The molecule has 19 heteroatoms. The van der Waals surface area contributed by atoms with Gasteiger partial charge in [0.2, 0.25) is 0 Å². The summed E-state index contributed by atoms with van der Waals surface area (Å²) in [6, 6.07) is 0. The van der Waals surface area contributed by atoms with Gasteiger partial charge in [-0.1, -0.05) is 267 Å². The minimum absolute atomic E-state index is 0.104. The Balaban J connectivity index is 5.25. The monoisotopic (exact) mass is 1240 g/mol. The van der Waals surface area contributed by atoms with Gasteiger partial charge in [-0.2, -0.15) is 0 Å². The zero-order valence-corrected chi connectivity index (χ0v) is 56.1. The fraction of sp³-hybridized carbons (Fsp3) is 0.938. The third-order valence-corrected chi connectivity index (χ3v) is 16.8. The zero-order valence-electron chi connectivity index (χ0n) is 54.4. The highest BCUT2D eigenvalue weighted by Gasteiger charge is 2.30. The van der Waals surface area contributed by atoms with Gasteiger partial charge in [0.1, 0.15) is 19.3 Å². The molecule has 0 saturated carbocycles. The second kappa shape index (κ2) is 56.3. The fourth-order valence-corrected chi connectivity index (χ4v) is 11.2. The van der Waals surface area contributed by atoms with Crippen LogP contribution in [0.5, 0.6) is 0 Å². The standard InChI is InChI=1S/C65H126O17P2/c1-8-9-10-11-12-13-16-25-32-39-46-62(67)75-52-61(82-65(70)49-42-35-28-21-19-24-31-38-45-58(6)7)55-80-84(73,74)78-51-59(66)50-77-83(71,72)79-54-60(53-76-63(68)47-40-33-26-20-18-23-30-37-44-57(4)5)81-64(69)48-41-34-27-17-14-15-22-29-36-43-56(2)3/h56-61,66H,8-55H2,1-7H3,(H,71,72)(H,73,74)/t59-,60-,61-/m1/s1. The lowest BCUT2D eigenvalue weighted by molar-refractivity contribution is -0.161. The minimum atomic E-state index is -4.95. The Morgan fingerprint density at radius 3 is 0.810 bits per heavy atom. The predicted octanol–water partition coefficient (Wildman–Crippen LogP) is 17.9. The Morgan fingerprint density at radius 1 is 0.321 bits per heavy atom. The van der Waals surface area contributed by atoms with E-state index in [1.54, 1.807) is 0 Å². The van der Waals surface area contributed by atoms with Crippen molar-refractivity contribution in [3.05, 3.63) is 0 Å². The van der Waals surface area contributed by atoms with E-state index >= 15 is 0 Å². The summed E-state index contributed by atoms with van der Waals surface area (Å²) < 4.78 is 68.0. The van der Waals surface area contributed by atoms with E-state index in [4.69, 9.17) is 37.0 Å². The molecule has 0 saturated heterocycles. The second-order valence-corrected chi connectivity index (χ2v) is 27.8. The Bertz CT molecular complexity index is 1660. The number of aliphatic hydroxyl groups is 1. The number of carbonyl (C=O) groups is 4. The van der Waals surface area contributed by atoms with Gasteiger partial charge >= 0.3 is 39.5 Å². The molecule has 0 bridgehead atoms. The highest BCUT2D eigenvalue weighted by Crippen LogP contribution is 2.45. The molecule has 0 aliphatic heterocycles. The molecule has 498 valence electrons. The maximum absolute atomic E-state index is 13.0. The Hall–Kier alpha value is -1.94. The quantitative estimate of drug-likeness (QED) is 0.0222. The SMILES string of the molecule is CCCCCCCCCCCCC(=O)OC[C@H](COP(=O)(O)OC[C@H](O)COP(=O)(O)OC[C@@H](COC(=O)CCCCCCCCCCC(C)C)OC(=O)CCCCCCCCCCCC(C)C)OC(=O)CCCCCCCCCCC(C)C. The van der Waals surface area contributed by atoms with Crippen LogP contribution < -0.4 is 0 Å². The third kappa shape index (κ3) is 59.0. The largest absolute Gasteiger partial charge is 0.472 e. The van der Waals surface area contributed by atoms with Gasteiger partial charge in [-0.05, 0) is 43.4 Å². The molecule has 17 nitrogen and oxygen atoms in total. The van der Waals surface area contributed by atoms with Gasteiger partial charge in [0, 0.05) is 25.7 Å². The number of esters is 4. The summed E-state index contributed by atoms with van der Waals surface area (Å²) in [4.78, 5) is 72.3. The first kappa shape index (κ1) is 82.1. The number of rotatable bonds is 63. The summed E-state index contributed by atoms with van der Waals surface area (Å²) in [7, 11) is -9.89. The van der Waals surface area contributed by atoms with Gasteiger partial charge in [-0.3, -0.25) is 37.3 Å². The number of carbonyl (C=O) groups excluding carboxylic acids is 4. The predicted molar refractivity (Wildman–Crippen MR) is 335 cm³/mol. The van der Waals surface area contributed by atoms with Crippen LogP contribution in [0.2, 0.25) is 0 Å². The van der Waals surface area contributed by atoms with E-state index in [1.165, 1.54) is 128 Å². The summed E-state index contributed by atoms with van der Waals surface area (Å²) in [5, 5.41) is 10.5. The van der Waals surface area contributed by atoms with Gasteiger partial charge in [0.15, 0.2) is 12.2 Å². The van der Waals surface area contributed by atoms with E-state index in [0.29, 0.717) is 25.7 Å². The van der Waals surface area contributed by atoms with E-state index in [2.05, 4.69) is 48.5 Å². The number of aliphatic hydroxyl groups excluding tert-OH is 1. The summed E-state index contributed by atoms with van der Waals surface area (Å²) >= 11 is 0. The zero-order chi connectivity index (χ0) is 62.4. The molecule has 0 aromatic heterocycles. The summed E-state index contributed by atoms with van der Waals surface area (Å²) in [5.74, 6) is 0.0450. The summed E-state index contributed by atoms with van der Waals surface area (Å²) in [6.07, 6.45) is 37.6. The van der Waals surface area contributed by atoms with Crippen molar-refractivity contribution >= 4 is 39.5 Å². The van der Waals surface area contributed by atoms with Gasteiger partial charge in [0.25, 0.3) is 0 Å². The maximum atomic E-state index is 13.0. The van der Waals surface area contributed by atoms with Crippen LogP contribution in [0.25, 0.3) is 0 Å². The average molecular weight is 1240 g/mol. The van der Waals surface area contributed by atoms with Crippen LogP contribution in [0.3, 0.4) is 0 Å². The van der Waals surface area contributed by atoms with Crippen molar-refractivity contribution in [1.82, 2.24) is 0 Å². The van der Waals surface area contributed by atoms with Gasteiger partial charge in [0.05, 0.1) is 26.4 Å². The molecule has 2 unspecified atom stereocenters. The molecule has 0 rings (SSSR count). The van der Waals surface area contributed by atoms with Crippen LogP contribution >= 0.6 is 15.6 Å². The lowest BCUT2D eigenvalue weighted by Crippen LogP contribution is -2.30. The fourth-order valence-electron chi connectivity index (χ4n) is 9.66. The first-order valence-electron chi connectivity index (χ1n) is 33.8. The van der Waals surface area contributed by atoms with Gasteiger partial charge in [-0.25, -0.2) is 9.13 Å². The molecule has 0 spiro atoms. The molecule has 0 amide bonds. The highest BCUT2D eigenvalue weighted by atomic mass is 31.2. The molecule has 3 N–H and O–H groups in total. The number of phosphoric acid groups is 2. The van der Waals surface area contributed by atoms with Crippen LogP contribution in [0, 0.1) is 17.8 Å². The molecule has 84 heavy (non-hydrogen) atoms. The molecule has 0 heterocycles. The van der Waals surface area contributed by atoms with Crippen LogP contribution in [-0.2, 0) is 65.4 Å². The van der Waals surface area contributed by atoms with Crippen molar-refractivity contribution in [2.45, 2.75) is 336 Å². The highest BCUT2D eigenvalue weighted by molar-refractivity contribution is 7.47. The van der Waals surface area contributed by atoms with E-state index < -0.39 is 97.5 Å². The molecule has 0 fully saturated rings. The molecule has 5 atom stereocenters. The Morgan fingerprint density at radius 2 is 0.548 bits per heavy atom. The number of ether oxygens (including phenoxy) is 4. The van der Waals surface area contributed by atoms with Gasteiger partial charge < -0.3 is 33.8 Å². The van der Waals surface area contributed by atoms with Crippen molar-refractivity contribution in [2.24, 2.45) is 17.8 Å². The Kier molecular flexibility index (Phi) is 55.0. The number of hydrogen-bond acceptors (Lipinski definition) is 15. The van der Waals surface area contributed by atoms with E-state index in [9.17, 15) is 43.2 Å². The van der Waals surface area contributed by atoms with Crippen LogP contribution in [0.15, 0.2) is 0 Å². The minimum Gasteiger partial charge on any atom is -0.462 e. The smallest absolute Gasteiger partial charge is 0.462 e. The molecule has 0 aliphatic rings. The molecular weight excluding hydrogens is 1110 g/mol. The topological polar surface area (TPSA) is 237 Å². The van der Waals surface area contributed by atoms with Crippen molar-refractivity contribution < 1.29 is 80.2 Å². The second-order valence-electron chi connectivity index (χ2n) is 24.9. The van der Waals surface area contributed by atoms with Crippen molar-refractivity contribution in [3.63, 3.8) is 0 Å². The molecule has 0 aliphatic carbocycles. The summed E-state index contributed by atoms with van der Waals surface area (Å²) in [5.41, 5.74) is 0. The molecule has 0 aromatic carbocycles. The Labute approximate surface area is 511 Å². The molecule has 0 radical (unpaired) electrons. The summed E-state index contributed by atoms with van der Waals surface area (Å²) in [6.45, 7) is 11.7. The van der Waals surface area contributed by atoms with Crippen LogP contribution in [-0.4, -0.2) is 96.7 Å². The van der Waals surface area contributed by atoms with E-state index in [1.807, 2.05) is 0 Å². The maximum Gasteiger partial charge on any atom is 0.472 e. The first-order chi connectivity index (χ1) is 40.2. The lowest BCUT2D eigenvalue weighted by atomic mass is 10.0. The third-order valence-electron chi connectivity index (χ3n) is 14.9. The van der Waals surface area contributed by atoms with E-state index in [0.717, 1.165) is 108 Å². The molecule has 0 aromatic rings. The van der Waals surface area contributed by atoms with Gasteiger partial charge in [-0.15, -0.1) is 0 Å². The van der Waals surface area contributed by atoms with Crippen LogP contribution in [0.4, 0.5) is 0 Å². The van der Waals surface area contributed by atoms with E-state index in [-0.39, 0.29) is 25.7 Å². The van der Waals surface area contributed by atoms with Crippen molar-refractivity contribution in [3.8, 4) is 0 Å². The van der Waals surface area contributed by atoms with Crippen molar-refractivity contribution in [1.29, 1.82) is 0 Å². The number of phosphoric ester groups is 2. The average Bonchev–Trinajstić information content (AvgIpc) is 3.46. The lowest BCUT2D eigenvalue weighted by Gasteiger charge is -2.21. The number of unbranched alkanes of at least 4 members (excludes halogenated alkanes) is 31. The van der Waals surface area contributed by atoms with Crippen LogP contribution in [0.1, 0.15) is 318 Å². The molecular formula is C65H126O17P2. The van der Waals surface area contributed by atoms with Crippen molar-refractivity contribution in [2.75, 3.05) is 39.6 Å². The normalized spacial score (nSPS) is 14.3.